The minimum absolute atomic E-state index is 0.00453. The summed E-state index contributed by atoms with van der Waals surface area (Å²) in [5.41, 5.74) is 11.0. The van der Waals surface area contributed by atoms with Crippen LogP contribution in [-0.2, 0) is 23.8 Å². The molecule has 1 fully saturated rings. The zero-order valence-corrected chi connectivity index (χ0v) is 17.8. The maximum absolute atomic E-state index is 14.4. The van der Waals surface area contributed by atoms with Crippen LogP contribution in [0.3, 0.4) is 0 Å². The predicted octanol–water partition coefficient (Wildman–Crippen LogP) is 0.177. The van der Waals surface area contributed by atoms with Crippen molar-refractivity contribution < 1.29 is 28.2 Å². The molecule has 1 aliphatic heterocycles. The van der Waals surface area contributed by atoms with E-state index in [1.807, 2.05) is 0 Å². The summed E-state index contributed by atoms with van der Waals surface area (Å²) in [7, 11) is 0. The smallest absolute Gasteiger partial charge is 0.323 e. The Balaban J connectivity index is 1.45. The van der Waals surface area contributed by atoms with Crippen molar-refractivity contribution in [1.82, 2.24) is 19.5 Å². The second kappa shape index (κ2) is 10.0. The number of alkyl halides is 1. The molecular formula is C19H27FN6O6. The summed E-state index contributed by atoms with van der Waals surface area (Å²) in [5, 5.41) is 0. The van der Waals surface area contributed by atoms with Gasteiger partial charge in [-0.1, -0.05) is 13.8 Å². The molecule has 2 aromatic rings. The number of aromatic nitrogens is 4. The third kappa shape index (κ3) is 5.40. The molecule has 12 nitrogen and oxygen atoms in total. The summed E-state index contributed by atoms with van der Waals surface area (Å²) in [6.45, 7) is 3.36. The van der Waals surface area contributed by atoms with Gasteiger partial charge in [0.1, 0.15) is 31.2 Å². The van der Waals surface area contributed by atoms with Crippen LogP contribution in [0.1, 0.15) is 39.3 Å². The number of nitrogens with zero attached hydrogens (tertiary/aromatic N) is 3. The van der Waals surface area contributed by atoms with Crippen LogP contribution in [0.2, 0.25) is 0 Å². The standard InChI is InChI=1S/C19H27FN6O6/c1-9(2)14(21)18(29)30-5-3-4-13(27)31-7-11-10(20)6-12(32-11)26-8-23-15-16(26)24-19(22)25-17(15)28/h8-12,14H,3-7,21H2,1-2H3,(H3,22,24,25,28)/t10-,11+,12+,14-/m0/s1. The third-order valence-corrected chi connectivity index (χ3v) is 5.09. The largest absolute Gasteiger partial charge is 0.465 e. The zero-order valence-electron chi connectivity index (χ0n) is 17.8. The fourth-order valence-electron chi connectivity index (χ4n) is 3.17. The first kappa shape index (κ1) is 23.6. The number of nitrogens with one attached hydrogen (secondary N) is 1. The molecule has 32 heavy (non-hydrogen) atoms. The number of rotatable bonds is 9. The topological polar surface area (TPSA) is 177 Å². The molecule has 3 rings (SSSR count). The van der Waals surface area contributed by atoms with Crippen LogP contribution >= 0.6 is 0 Å². The number of carbonyl (C=O) groups excluding carboxylic acids is 2. The van der Waals surface area contributed by atoms with Crippen molar-refractivity contribution >= 4 is 29.1 Å². The van der Waals surface area contributed by atoms with Gasteiger partial charge in [-0.05, 0) is 12.3 Å². The zero-order chi connectivity index (χ0) is 23.4. The lowest BCUT2D eigenvalue weighted by Crippen LogP contribution is -2.37. The number of nitrogens with two attached hydrogens (primary N) is 2. The molecule has 1 saturated heterocycles. The van der Waals surface area contributed by atoms with E-state index in [0.717, 1.165) is 0 Å². The van der Waals surface area contributed by atoms with Crippen LogP contribution in [0.5, 0.6) is 0 Å². The van der Waals surface area contributed by atoms with Gasteiger partial charge in [-0.25, -0.2) is 9.37 Å². The van der Waals surface area contributed by atoms with Crippen molar-refractivity contribution in [2.45, 2.75) is 57.7 Å². The fraction of sp³-hybridized carbons (Fsp3) is 0.632. The number of ether oxygens (including phenoxy) is 3. The molecule has 4 atom stereocenters. The molecule has 0 aromatic carbocycles. The normalized spacial score (nSPS) is 21.7. The van der Waals surface area contributed by atoms with Crippen molar-refractivity contribution in [3.8, 4) is 0 Å². The second-order valence-corrected chi connectivity index (χ2v) is 7.88. The minimum atomic E-state index is -1.40. The summed E-state index contributed by atoms with van der Waals surface area (Å²) in [4.78, 5) is 45.8. The molecule has 13 heteroatoms. The average Bonchev–Trinajstić information content (AvgIpc) is 3.32. The highest BCUT2D eigenvalue weighted by Crippen LogP contribution is 2.32. The Morgan fingerprint density at radius 3 is 2.88 bits per heavy atom. The highest BCUT2D eigenvalue weighted by molar-refractivity contribution is 5.75. The number of carbonyl (C=O) groups is 2. The number of nitrogen functional groups attached to an aromatic ring is 1. The highest BCUT2D eigenvalue weighted by Gasteiger charge is 2.38. The Hall–Kier alpha value is -3.06. The van der Waals surface area contributed by atoms with E-state index in [1.165, 1.54) is 10.9 Å². The monoisotopic (exact) mass is 454 g/mol. The van der Waals surface area contributed by atoms with Gasteiger partial charge in [-0.15, -0.1) is 0 Å². The van der Waals surface area contributed by atoms with E-state index in [9.17, 15) is 18.8 Å². The van der Waals surface area contributed by atoms with Crippen LogP contribution in [0.4, 0.5) is 10.3 Å². The van der Waals surface area contributed by atoms with E-state index in [1.54, 1.807) is 13.8 Å². The maximum atomic E-state index is 14.4. The van der Waals surface area contributed by atoms with E-state index < -0.39 is 42.0 Å². The van der Waals surface area contributed by atoms with Gasteiger partial charge >= 0.3 is 11.9 Å². The average molecular weight is 454 g/mol. The van der Waals surface area contributed by atoms with Crippen molar-refractivity contribution in [2.24, 2.45) is 11.7 Å². The van der Waals surface area contributed by atoms with Gasteiger partial charge in [-0.2, -0.15) is 4.98 Å². The Labute approximate surface area is 182 Å². The van der Waals surface area contributed by atoms with Gasteiger partial charge in [0, 0.05) is 12.8 Å². The van der Waals surface area contributed by atoms with Crippen LogP contribution in [-0.4, -0.2) is 63.0 Å². The number of imidazole rings is 1. The molecular weight excluding hydrogens is 427 g/mol. The minimum Gasteiger partial charge on any atom is -0.465 e. The molecule has 0 radical (unpaired) electrons. The molecule has 0 amide bonds. The number of esters is 2. The molecule has 2 aromatic heterocycles. The number of anilines is 1. The lowest BCUT2D eigenvalue weighted by atomic mass is 10.1. The molecule has 0 saturated carbocycles. The van der Waals surface area contributed by atoms with E-state index in [2.05, 4.69) is 15.0 Å². The molecule has 0 spiro atoms. The van der Waals surface area contributed by atoms with Crippen molar-refractivity contribution in [1.29, 1.82) is 0 Å². The number of hydrogen-bond donors (Lipinski definition) is 3. The molecule has 5 N–H and O–H groups in total. The van der Waals surface area contributed by atoms with Gasteiger partial charge in [0.25, 0.3) is 5.56 Å². The van der Waals surface area contributed by atoms with Crippen molar-refractivity contribution in [3.63, 3.8) is 0 Å². The van der Waals surface area contributed by atoms with Crippen LogP contribution in [0.15, 0.2) is 11.1 Å². The van der Waals surface area contributed by atoms with Gasteiger partial charge in [-0.3, -0.25) is 23.9 Å². The number of aromatic amines is 1. The summed E-state index contributed by atoms with van der Waals surface area (Å²) >= 11 is 0. The number of halogens is 1. The summed E-state index contributed by atoms with van der Waals surface area (Å²) in [5.74, 6) is -1.24. The molecule has 176 valence electrons. The van der Waals surface area contributed by atoms with Crippen LogP contribution < -0.4 is 17.0 Å². The lowest BCUT2D eigenvalue weighted by Gasteiger charge is -2.16. The molecule has 0 bridgehead atoms. The SMILES string of the molecule is CC(C)[C@H](N)C(=O)OCCCC(=O)OC[C@H]1O[C@@H](n2cnc3c(=O)[nH]c(N)nc32)C[C@@H]1F. The lowest BCUT2D eigenvalue weighted by molar-refractivity contribution is -0.152. The van der Waals surface area contributed by atoms with E-state index in [4.69, 9.17) is 25.7 Å². The number of H-pyrrole nitrogens is 1. The van der Waals surface area contributed by atoms with Gasteiger partial charge in [0.2, 0.25) is 5.95 Å². The third-order valence-electron chi connectivity index (χ3n) is 5.09. The second-order valence-electron chi connectivity index (χ2n) is 7.88. The van der Waals surface area contributed by atoms with Crippen molar-refractivity contribution in [2.75, 3.05) is 18.9 Å². The Bertz CT molecular complexity index is 1020. The molecule has 3 heterocycles. The van der Waals surface area contributed by atoms with Gasteiger partial charge in [0.15, 0.2) is 11.2 Å². The maximum Gasteiger partial charge on any atom is 0.323 e. The van der Waals surface area contributed by atoms with E-state index in [0.29, 0.717) is 0 Å². The molecule has 0 unspecified atom stereocenters. The molecule has 1 aliphatic rings. The fourth-order valence-corrected chi connectivity index (χ4v) is 3.17. The van der Waals surface area contributed by atoms with E-state index >= 15 is 0 Å². The Kier molecular flexibility index (Phi) is 7.40. The highest BCUT2D eigenvalue weighted by atomic mass is 19.1. The predicted molar refractivity (Wildman–Crippen MR) is 110 cm³/mol. The summed E-state index contributed by atoms with van der Waals surface area (Å²) in [6, 6.07) is -0.714. The van der Waals surface area contributed by atoms with Crippen LogP contribution in [0, 0.1) is 5.92 Å². The first-order chi connectivity index (χ1) is 15.2. The van der Waals surface area contributed by atoms with Gasteiger partial charge < -0.3 is 25.7 Å². The first-order valence-electron chi connectivity index (χ1n) is 10.3. The first-order valence-corrected chi connectivity index (χ1v) is 10.3. The van der Waals surface area contributed by atoms with Gasteiger partial charge in [0.05, 0.1) is 12.9 Å². The quantitative estimate of drug-likeness (QED) is 0.350. The number of fused-ring (bicyclic) bond motifs is 1. The summed E-state index contributed by atoms with van der Waals surface area (Å²) in [6.07, 6.45) is -1.62. The van der Waals surface area contributed by atoms with Crippen molar-refractivity contribution in [3.05, 3.63) is 16.7 Å². The molecule has 0 aliphatic carbocycles. The summed E-state index contributed by atoms with van der Waals surface area (Å²) < 4.78 is 31.6. The number of hydrogen-bond acceptors (Lipinski definition) is 10. The Morgan fingerprint density at radius 1 is 1.41 bits per heavy atom. The van der Waals surface area contributed by atoms with Crippen LogP contribution in [0.25, 0.3) is 11.2 Å². The van der Waals surface area contributed by atoms with E-state index in [-0.39, 0.29) is 55.5 Å². The Morgan fingerprint density at radius 2 is 2.16 bits per heavy atom.